The summed E-state index contributed by atoms with van der Waals surface area (Å²) in [5.41, 5.74) is -0.0544. The van der Waals surface area contributed by atoms with Gasteiger partial charge < -0.3 is 29.9 Å². The van der Waals surface area contributed by atoms with Crippen LogP contribution in [0.5, 0.6) is 0 Å². The van der Waals surface area contributed by atoms with E-state index in [-0.39, 0.29) is 53.1 Å². The van der Waals surface area contributed by atoms with Crippen molar-refractivity contribution in [2.24, 2.45) is 23.7 Å². The number of ether oxygens (including phenoxy) is 2. The molecule has 3 N–H and O–H groups in total. The lowest BCUT2D eigenvalue weighted by Crippen LogP contribution is -2.59. The van der Waals surface area contributed by atoms with Crippen molar-refractivity contribution >= 4 is 45.2 Å². The minimum atomic E-state index is -5.10. The van der Waals surface area contributed by atoms with Crippen LogP contribution in [0.15, 0.2) is 24.3 Å². The standard InChI is InChI=1S/C40H65F3N6O9S/c1-13-25(6)34(48(10)38(53)32(23(2)3)45-37(52)33(24(4)5)47(8)9)30(57-11)21-31(50)49-20-14-15-29(49)35(58-12)26(7)36(51)46-59(55,56)22-27-16-18-28(19-17-27)44-39(54)40(41,42)43/h16-19,23-26,29-30,32-35H,13-15,20-22H2,1-12H3,(H,44,54)(H,45,52)(H,46,51)/t25-,26+,29-,30+,32-,33-,34-,35?/m0/s1. The van der Waals surface area contributed by atoms with Gasteiger partial charge in [0.25, 0.3) is 0 Å². The second-order valence-corrected chi connectivity index (χ2v) is 18.1. The number of likely N-dealkylation sites (N-methyl/N-ethyl adjacent to an activating group) is 2. The number of rotatable bonds is 21. The van der Waals surface area contributed by atoms with E-state index >= 15 is 0 Å². The molecule has 0 bridgehead atoms. The van der Waals surface area contributed by atoms with E-state index in [9.17, 15) is 45.6 Å². The molecule has 1 aromatic rings. The van der Waals surface area contributed by atoms with E-state index in [1.165, 1.54) is 33.3 Å². The van der Waals surface area contributed by atoms with Crippen LogP contribution in [0.4, 0.5) is 18.9 Å². The zero-order chi connectivity index (χ0) is 45.2. The molecular weight excluding hydrogens is 798 g/mol. The number of nitrogens with one attached hydrogen (secondary N) is 3. The lowest BCUT2D eigenvalue weighted by Gasteiger charge is -2.41. The van der Waals surface area contributed by atoms with E-state index in [2.05, 4.69) is 5.32 Å². The summed E-state index contributed by atoms with van der Waals surface area (Å²) in [7, 11) is 3.83. The SMILES string of the molecule is CC[C@H](C)[C@@H]([C@@H](CC(=O)N1CCC[C@H]1C(OC)[C@@H](C)C(=O)NS(=O)(=O)Cc1ccc(NC(=O)C(F)(F)F)cc1)OC)N(C)C(=O)[C@@H](NC(=O)[C@H](C(C)C)N(C)C)C(C)C. The second-order valence-electron chi connectivity index (χ2n) is 16.3. The minimum absolute atomic E-state index is 0.00562. The number of amides is 5. The fourth-order valence-corrected chi connectivity index (χ4v) is 9.00. The summed E-state index contributed by atoms with van der Waals surface area (Å²) in [6.07, 6.45) is -5.15. The van der Waals surface area contributed by atoms with Crippen molar-refractivity contribution in [2.75, 3.05) is 47.2 Å². The normalized spacial score (nSPS) is 18.5. The molecule has 0 saturated carbocycles. The highest BCUT2D eigenvalue weighted by Gasteiger charge is 2.44. The summed E-state index contributed by atoms with van der Waals surface area (Å²) >= 11 is 0. The Kier molecular flexibility index (Phi) is 19.3. The van der Waals surface area contributed by atoms with Gasteiger partial charge in [0.05, 0.1) is 48.4 Å². The van der Waals surface area contributed by atoms with Gasteiger partial charge in [0.15, 0.2) is 0 Å². The van der Waals surface area contributed by atoms with Crippen LogP contribution in [0.3, 0.4) is 0 Å². The molecule has 1 saturated heterocycles. The zero-order valence-corrected chi connectivity index (χ0v) is 37.2. The first-order chi connectivity index (χ1) is 27.3. The van der Waals surface area contributed by atoms with Crippen LogP contribution in [0.1, 0.15) is 79.7 Å². The van der Waals surface area contributed by atoms with Crippen LogP contribution >= 0.6 is 0 Å². The largest absolute Gasteiger partial charge is 0.471 e. The summed E-state index contributed by atoms with van der Waals surface area (Å²) in [6, 6.07) is 2.19. The fraction of sp³-hybridized carbons (Fsp3) is 0.725. The lowest BCUT2D eigenvalue weighted by molar-refractivity contribution is -0.167. The van der Waals surface area contributed by atoms with Crippen molar-refractivity contribution in [3.8, 4) is 0 Å². The molecule has 0 spiro atoms. The molecule has 1 fully saturated rings. The topological polar surface area (TPSA) is 184 Å². The fourth-order valence-electron chi connectivity index (χ4n) is 7.80. The molecule has 1 heterocycles. The molecule has 2 rings (SSSR count). The van der Waals surface area contributed by atoms with Crippen molar-refractivity contribution < 1.29 is 55.0 Å². The van der Waals surface area contributed by atoms with Gasteiger partial charge in [0.1, 0.15) is 6.04 Å². The van der Waals surface area contributed by atoms with E-state index in [1.54, 1.807) is 22.2 Å². The Morgan fingerprint density at radius 2 is 1.51 bits per heavy atom. The van der Waals surface area contributed by atoms with Crippen LogP contribution in [0, 0.1) is 23.7 Å². The maximum Gasteiger partial charge on any atom is 0.471 e. The predicted molar refractivity (Wildman–Crippen MR) is 217 cm³/mol. The lowest BCUT2D eigenvalue weighted by atomic mass is 9.89. The number of hydrogen-bond acceptors (Lipinski definition) is 10. The van der Waals surface area contributed by atoms with E-state index in [1.807, 2.05) is 65.3 Å². The number of nitrogens with zero attached hydrogens (tertiary/aromatic N) is 3. The molecule has 15 nitrogen and oxygen atoms in total. The van der Waals surface area contributed by atoms with Crippen LogP contribution in [-0.2, 0) is 49.2 Å². The Bertz CT molecular complexity index is 1690. The summed E-state index contributed by atoms with van der Waals surface area (Å²) in [4.78, 5) is 71.3. The van der Waals surface area contributed by atoms with Crippen LogP contribution in [0.25, 0.3) is 0 Å². The molecule has 59 heavy (non-hydrogen) atoms. The number of carbonyl (C=O) groups excluding carboxylic acids is 5. The molecule has 0 aliphatic carbocycles. The zero-order valence-electron chi connectivity index (χ0n) is 36.4. The predicted octanol–water partition coefficient (Wildman–Crippen LogP) is 3.78. The van der Waals surface area contributed by atoms with E-state index in [4.69, 9.17) is 9.47 Å². The van der Waals surface area contributed by atoms with Gasteiger partial charge in [-0.2, -0.15) is 13.2 Å². The van der Waals surface area contributed by atoms with E-state index in [0.29, 0.717) is 25.8 Å². The first-order valence-corrected chi connectivity index (χ1v) is 21.6. The first-order valence-electron chi connectivity index (χ1n) is 19.9. The number of halogens is 3. The van der Waals surface area contributed by atoms with Gasteiger partial charge >= 0.3 is 12.1 Å². The monoisotopic (exact) mass is 862 g/mol. The number of anilines is 1. The van der Waals surface area contributed by atoms with Gasteiger partial charge in [-0.3, -0.25) is 33.6 Å². The number of methoxy groups -OCH3 is 2. The Labute approximate surface area is 347 Å². The number of alkyl halides is 3. The van der Waals surface area contributed by atoms with Gasteiger partial charge in [-0.15, -0.1) is 0 Å². The maximum atomic E-state index is 14.2. The third-order valence-corrected chi connectivity index (χ3v) is 12.3. The van der Waals surface area contributed by atoms with Crippen LogP contribution in [-0.4, -0.2) is 137 Å². The highest BCUT2D eigenvalue weighted by Crippen LogP contribution is 2.30. The van der Waals surface area contributed by atoms with Gasteiger partial charge in [0, 0.05) is 33.5 Å². The molecule has 5 amide bonds. The second kappa shape index (κ2) is 22.2. The molecular formula is C40H65F3N6O9S. The molecule has 1 aromatic carbocycles. The van der Waals surface area contributed by atoms with Crippen molar-refractivity contribution in [3.05, 3.63) is 29.8 Å². The molecule has 19 heteroatoms. The number of likely N-dealkylation sites (tertiary alicyclic amines) is 1. The van der Waals surface area contributed by atoms with Crippen LogP contribution < -0.4 is 15.4 Å². The Balaban J connectivity index is 2.23. The molecule has 1 aliphatic rings. The van der Waals surface area contributed by atoms with Gasteiger partial charge in [-0.1, -0.05) is 67.0 Å². The van der Waals surface area contributed by atoms with Crippen molar-refractivity contribution in [1.82, 2.24) is 24.7 Å². The average Bonchev–Trinajstić information content (AvgIpc) is 3.62. The summed E-state index contributed by atoms with van der Waals surface area (Å²) in [5, 5.41) is 4.65. The van der Waals surface area contributed by atoms with Gasteiger partial charge in [-0.05, 0) is 62.4 Å². The van der Waals surface area contributed by atoms with Crippen LogP contribution in [0.2, 0.25) is 0 Å². The Morgan fingerprint density at radius 1 is 0.915 bits per heavy atom. The molecule has 8 atom stereocenters. The average molecular weight is 863 g/mol. The molecule has 0 aromatic heterocycles. The van der Waals surface area contributed by atoms with Crippen molar-refractivity contribution in [1.29, 1.82) is 0 Å². The number of sulfonamides is 1. The van der Waals surface area contributed by atoms with E-state index < -0.39 is 76.1 Å². The Morgan fingerprint density at radius 3 is 1.98 bits per heavy atom. The van der Waals surface area contributed by atoms with Gasteiger partial charge in [0.2, 0.25) is 33.7 Å². The number of carbonyl (C=O) groups is 5. The minimum Gasteiger partial charge on any atom is -0.379 e. The third-order valence-electron chi connectivity index (χ3n) is 11.0. The molecule has 336 valence electrons. The smallest absolute Gasteiger partial charge is 0.379 e. The molecule has 1 aliphatic heterocycles. The van der Waals surface area contributed by atoms with Crippen molar-refractivity contribution in [3.63, 3.8) is 0 Å². The maximum absolute atomic E-state index is 14.2. The highest BCUT2D eigenvalue weighted by molar-refractivity contribution is 7.89. The number of benzene rings is 1. The third kappa shape index (κ3) is 14.1. The Hall–Kier alpha value is -3.81. The molecule has 1 unspecified atom stereocenters. The first kappa shape index (κ1) is 51.3. The van der Waals surface area contributed by atoms with E-state index in [0.717, 1.165) is 12.1 Å². The highest BCUT2D eigenvalue weighted by atomic mass is 32.2. The summed E-state index contributed by atoms with van der Waals surface area (Å²) < 4.78 is 77.5. The molecule has 0 radical (unpaired) electrons. The summed E-state index contributed by atoms with van der Waals surface area (Å²) in [6.45, 7) is 13.4. The summed E-state index contributed by atoms with van der Waals surface area (Å²) in [5.74, 6) is -6.03. The van der Waals surface area contributed by atoms with Crippen molar-refractivity contribution in [2.45, 2.75) is 122 Å². The van der Waals surface area contributed by atoms with Gasteiger partial charge in [-0.25, -0.2) is 8.42 Å². The number of hydrogen-bond donors (Lipinski definition) is 3. The quantitative estimate of drug-likeness (QED) is 0.165.